The summed E-state index contributed by atoms with van der Waals surface area (Å²) in [5, 5.41) is 26.7. The number of aromatic hydroxyl groups is 2. The molecule has 0 saturated heterocycles. The summed E-state index contributed by atoms with van der Waals surface area (Å²) in [5.74, 6) is 0.558. The number of hydrogen-bond acceptors (Lipinski definition) is 4. The van der Waals surface area contributed by atoms with Gasteiger partial charge in [0.05, 0.1) is 12.1 Å². The zero-order valence-electron chi connectivity index (χ0n) is 16.7. The summed E-state index contributed by atoms with van der Waals surface area (Å²) in [6.45, 7) is 6.25. The normalized spacial score (nSPS) is 12.5. The maximum Gasteiger partial charge on any atom is 0.115 e. The van der Waals surface area contributed by atoms with Crippen molar-refractivity contribution in [3.63, 3.8) is 0 Å². The molecule has 6 heteroatoms. The summed E-state index contributed by atoms with van der Waals surface area (Å²) < 4.78 is 0. The highest BCUT2D eigenvalue weighted by Crippen LogP contribution is 2.31. The van der Waals surface area contributed by atoms with E-state index in [2.05, 4.69) is 24.5 Å². The summed E-state index contributed by atoms with van der Waals surface area (Å²) in [5.41, 5.74) is 2.28. The molecule has 0 aliphatic heterocycles. The molecular formula is C22H34Cl2N2O2. The number of halogens is 2. The van der Waals surface area contributed by atoms with Crippen molar-refractivity contribution in [3.8, 4) is 11.5 Å². The van der Waals surface area contributed by atoms with Crippen molar-refractivity contribution in [1.29, 1.82) is 0 Å². The van der Waals surface area contributed by atoms with E-state index in [0.29, 0.717) is 0 Å². The van der Waals surface area contributed by atoms with Crippen LogP contribution in [0.4, 0.5) is 0 Å². The first-order valence-corrected chi connectivity index (χ1v) is 9.70. The van der Waals surface area contributed by atoms with E-state index in [0.717, 1.165) is 49.9 Å². The largest absolute Gasteiger partial charge is 0.508 e. The van der Waals surface area contributed by atoms with Crippen LogP contribution in [0.3, 0.4) is 0 Å². The van der Waals surface area contributed by atoms with E-state index in [4.69, 9.17) is 0 Å². The molecule has 4 N–H and O–H groups in total. The average molecular weight is 429 g/mol. The number of benzene rings is 2. The van der Waals surface area contributed by atoms with E-state index < -0.39 is 0 Å². The molecule has 2 aromatic rings. The number of phenols is 2. The lowest BCUT2D eigenvalue weighted by Crippen LogP contribution is -2.36. The van der Waals surface area contributed by atoms with Crippen LogP contribution in [-0.2, 0) is 0 Å². The number of phenolic OH excluding ortho intramolecular Hbond substituents is 2. The molecule has 2 rings (SSSR count). The van der Waals surface area contributed by atoms with Gasteiger partial charge in [-0.1, -0.05) is 51.0 Å². The Labute approximate surface area is 181 Å². The minimum atomic E-state index is 0. The fourth-order valence-electron chi connectivity index (χ4n) is 3.09. The van der Waals surface area contributed by atoms with E-state index in [1.807, 2.05) is 24.3 Å². The van der Waals surface area contributed by atoms with E-state index in [-0.39, 0.29) is 48.4 Å². The molecule has 0 fully saturated rings. The maximum atomic E-state index is 9.65. The molecule has 0 amide bonds. The van der Waals surface area contributed by atoms with Crippen molar-refractivity contribution in [2.75, 3.05) is 13.1 Å². The molecule has 0 heterocycles. The summed E-state index contributed by atoms with van der Waals surface area (Å²) in [6, 6.07) is 15.1. The lowest BCUT2D eigenvalue weighted by Gasteiger charge is -2.30. The van der Waals surface area contributed by atoms with Gasteiger partial charge in [-0.3, -0.25) is 0 Å². The molecule has 0 aromatic heterocycles. The molecule has 0 aliphatic rings. The molecular weight excluding hydrogens is 395 g/mol. The van der Waals surface area contributed by atoms with Crippen LogP contribution < -0.4 is 10.6 Å². The maximum absolute atomic E-state index is 9.65. The molecule has 0 aliphatic carbocycles. The number of hydrogen-bond donors (Lipinski definition) is 4. The standard InChI is InChI=1S/C22H32N2O2.2ClH/c1-3-5-15-23-21(17-7-11-19(25)12-8-17)22(24-16-6-4-2)18-9-13-20(26)14-10-18;;/h7-14,21-26H,3-6,15-16H2,1-2H3;2*1H/t21-,22-;;/m1../s1. The zero-order chi connectivity index (χ0) is 18.8. The molecule has 2 aromatic carbocycles. The van der Waals surface area contributed by atoms with E-state index in [9.17, 15) is 10.2 Å². The first-order chi connectivity index (χ1) is 12.7. The highest BCUT2D eigenvalue weighted by Gasteiger charge is 2.24. The third-order valence-corrected chi connectivity index (χ3v) is 4.63. The SMILES string of the molecule is CCCCN[C@H](c1ccc(O)cc1)[C@H](NCCCC)c1ccc(O)cc1.Cl.Cl. The van der Waals surface area contributed by atoms with Crippen molar-refractivity contribution in [2.45, 2.75) is 51.6 Å². The van der Waals surface area contributed by atoms with Gasteiger partial charge in [0, 0.05) is 0 Å². The van der Waals surface area contributed by atoms with E-state index in [1.54, 1.807) is 24.3 Å². The van der Waals surface area contributed by atoms with E-state index in [1.165, 1.54) is 0 Å². The Balaban J connectivity index is 0.00000364. The van der Waals surface area contributed by atoms with Crippen LogP contribution in [0, 0.1) is 0 Å². The lowest BCUT2D eigenvalue weighted by molar-refractivity contribution is 0.378. The topological polar surface area (TPSA) is 64.5 Å². The second kappa shape index (κ2) is 14.5. The molecule has 0 radical (unpaired) electrons. The Kier molecular flexibility index (Phi) is 13.8. The van der Waals surface area contributed by atoms with Crippen LogP contribution in [0.25, 0.3) is 0 Å². The van der Waals surface area contributed by atoms with Gasteiger partial charge >= 0.3 is 0 Å². The Morgan fingerprint density at radius 2 is 0.964 bits per heavy atom. The van der Waals surface area contributed by atoms with Crippen molar-refractivity contribution < 1.29 is 10.2 Å². The van der Waals surface area contributed by atoms with Crippen LogP contribution in [0.2, 0.25) is 0 Å². The second-order valence-electron chi connectivity index (χ2n) is 6.75. The Morgan fingerprint density at radius 1 is 0.643 bits per heavy atom. The summed E-state index contributed by atoms with van der Waals surface area (Å²) in [7, 11) is 0. The molecule has 0 saturated carbocycles. The smallest absolute Gasteiger partial charge is 0.115 e. The first-order valence-electron chi connectivity index (χ1n) is 9.70. The highest BCUT2D eigenvalue weighted by atomic mass is 35.5. The van der Waals surface area contributed by atoms with Crippen LogP contribution >= 0.6 is 24.8 Å². The van der Waals surface area contributed by atoms with Crippen molar-refractivity contribution in [3.05, 3.63) is 59.7 Å². The van der Waals surface area contributed by atoms with Crippen LogP contribution in [0.1, 0.15) is 62.7 Å². The Morgan fingerprint density at radius 3 is 1.25 bits per heavy atom. The van der Waals surface area contributed by atoms with Crippen LogP contribution in [0.5, 0.6) is 11.5 Å². The third kappa shape index (κ3) is 8.27. The fourth-order valence-corrected chi connectivity index (χ4v) is 3.09. The molecule has 0 spiro atoms. The minimum absolute atomic E-state index is 0. The highest BCUT2D eigenvalue weighted by molar-refractivity contribution is 5.85. The summed E-state index contributed by atoms with van der Waals surface area (Å²) >= 11 is 0. The quantitative estimate of drug-likeness (QED) is 0.356. The van der Waals surface area contributed by atoms with Crippen LogP contribution in [-0.4, -0.2) is 23.3 Å². The number of nitrogens with one attached hydrogen (secondary N) is 2. The van der Waals surface area contributed by atoms with Gasteiger partial charge in [-0.15, -0.1) is 24.8 Å². The van der Waals surface area contributed by atoms with Crippen molar-refractivity contribution in [2.24, 2.45) is 0 Å². The van der Waals surface area contributed by atoms with Crippen molar-refractivity contribution in [1.82, 2.24) is 10.6 Å². The molecule has 4 nitrogen and oxygen atoms in total. The van der Waals surface area contributed by atoms with Gasteiger partial charge in [-0.25, -0.2) is 0 Å². The lowest BCUT2D eigenvalue weighted by atomic mass is 9.92. The fraction of sp³-hybridized carbons (Fsp3) is 0.455. The predicted octanol–water partition coefficient (Wildman–Crippen LogP) is 5.50. The van der Waals surface area contributed by atoms with Gasteiger partial charge in [-0.2, -0.15) is 0 Å². The van der Waals surface area contributed by atoms with Gasteiger partial charge in [0.25, 0.3) is 0 Å². The van der Waals surface area contributed by atoms with Gasteiger partial charge in [-0.05, 0) is 61.3 Å². The van der Waals surface area contributed by atoms with Gasteiger partial charge in [0.1, 0.15) is 11.5 Å². The second-order valence-corrected chi connectivity index (χ2v) is 6.75. The first kappa shape index (κ1) is 26.5. The molecule has 2 atom stereocenters. The van der Waals surface area contributed by atoms with Gasteiger partial charge in [0.15, 0.2) is 0 Å². The predicted molar refractivity (Wildman–Crippen MR) is 122 cm³/mol. The number of rotatable bonds is 11. The van der Waals surface area contributed by atoms with Crippen molar-refractivity contribution >= 4 is 24.8 Å². The minimum Gasteiger partial charge on any atom is -0.508 e. The van der Waals surface area contributed by atoms with Crippen LogP contribution in [0.15, 0.2) is 48.5 Å². The molecule has 28 heavy (non-hydrogen) atoms. The third-order valence-electron chi connectivity index (χ3n) is 4.63. The molecule has 158 valence electrons. The number of unbranched alkanes of at least 4 members (excludes halogenated alkanes) is 2. The summed E-state index contributed by atoms with van der Waals surface area (Å²) in [6.07, 6.45) is 4.52. The Bertz CT molecular complexity index is 578. The Hall–Kier alpha value is -1.46. The van der Waals surface area contributed by atoms with Gasteiger partial charge < -0.3 is 20.8 Å². The van der Waals surface area contributed by atoms with E-state index >= 15 is 0 Å². The zero-order valence-corrected chi connectivity index (χ0v) is 18.4. The molecule has 0 unspecified atom stereocenters. The summed E-state index contributed by atoms with van der Waals surface area (Å²) in [4.78, 5) is 0. The van der Waals surface area contributed by atoms with Gasteiger partial charge in [0.2, 0.25) is 0 Å². The average Bonchev–Trinajstić information content (AvgIpc) is 2.65. The molecule has 0 bridgehead atoms. The monoisotopic (exact) mass is 428 g/mol.